The second-order valence-electron chi connectivity index (χ2n) is 9.58. The van der Waals surface area contributed by atoms with Crippen molar-refractivity contribution in [3.8, 4) is 5.75 Å². The summed E-state index contributed by atoms with van der Waals surface area (Å²) in [4.78, 5) is 22.6. The highest BCUT2D eigenvalue weighted by Crippen LogP contribution is 2.34. The summed E-state index contributed by atoms with van der Waals surface area (Å²) in [6.45, 7) is 6.60. The van der Waals surface area contributed by atoms with Crippen LogP contribution in [-0.2, 0) is 6.54 Å². The highest BCUT2D eigenvalue weighted by atomic mass is 19.1. The molecule has 0 bridgehead atoms. The number of aryl methyl sites for hydroxylation is 2. The molecule has 1 saturated heterocycles. The first-order valence-corrected chi connectivity index (χ1v) is 12.6. The van der Waals surface area contributed by atoms with Crippen molar-refractivity contribution in [2.45, 2.75) is 26.4 Å². The molecule has 0 radical (unpaired) electrons. The van der Waals surface area contributed by atoms with Crippen molar-refractivity contribution in [3.63, 3.8) is 0 Å². The Hall–Kier alpha value is -3.97. The third kappa shape index (κ3) is 5.13. The Morgan fingerprint density at radius 3 is 2.32 bits per heavy atom. The van der Waals surface area contributed by atoms with Crippen LogP contribution in [0.2, 0.25) is 0 Å². The quantitative estimate of drug-likeness (QED) is 0.419. The van der Waals surface area contributed by atoms with Crippen LogP contribution in [0.1, 0.15) is 34.1 Å². The zero-order valence-corrected chi connectivity index (χ0v) is 21.1. The van der Waals surface area contributed by atoms with Gasteiger partial charge in [-0.15, -0.1) is 0 Å². The van der Waals surface area contributed by atoms with E-state index in [1.165, 1.54) is 6.07 Å². The minimum Gasteiger partial charge on any atom is -0.507 e. The van der Waals surface area contributed by atoms with Gasteiger partial charge in [-0.05, 0) is 49.7 Å². The number of rotatable bonds is 6. The van der Waals surface area contributed by atoms with Gasteiger partial charge in [0.1, 0.15) is 11.6 Å². The molecular formula is C30H31FN4O2. The Bertz CT molecular complexity index is 1430. The number of hydrogen-bond donors (Lipinski definition) is 1. The minimum atomic E-state index is -0.438. The normalized spacial score (nSPS) is 15.1. The second-order valence-corrected chi connectivity index (χ2v) is 9.58. The van der Waals surface area contributed by atoms with Crippen LogP contribution in [0.15, 0.2) is 83.8 Å². The highest BCUT2D eigenvalue weighted by molar-refractivity contribution is 5.48. The number of para-hydroxylation sites is 1. The average molecular weight is 499 g/mol. The van der Waals surface area contributed by atoms with E-state index >= 15 is 0 Å². The molecule has 190 valence electrons. The van der Waals surface area contributed by atoms with Crippen LogP contribution in [-0.4, -0.2) is 45.7 Å². The molecule has 5 rings (SSSR count). The number of pyridine rings is 2. The Kier molecular flexibility index (Phi) is 7.06. The molecule has 1 aliphatic rings. The van der Waals surface area contributed by atoms with Crippen LogP contribution in [0.4, 0.5) is 10.1 Å². The monoisotopic (exact) mass is 498 g/mol. The minimum absolute atomic E-state index is 0.0121. The van der Waals surface area contributed by atoms with E-state index in [1.807, 2.05) is 67.3 Å². The molecule has 37 heavy (non-hydrogen) atoms. The fraction of sp³-hybridized carbons (Fsp3) is 0.267. The highest BCUT2D eigenvalue weighted by Gasteiger charge is 2.32. The van der Waals surface area contributed by atoms with Gasteiger partial charge in [0.25, 0.3) is 5.56 Å². The SMILES string of the molecule is Cc1ccc([C@@H](c2c(O)cc(C)n(Cc3ccccn3)c2=O)N2CCN(c3ccccc3F)CC2)cc1. The summed E-state index contributed by atoms with van der Waals surface area (Å²) in [6.07, 6.45) is 1.71. The lowest BCUT2D eigenvalue weighted by Crippen LogP contribution is -2.49. The Morgan fingerprint density at radius 2 is 1.65 bits per heavy atom. The molecule has 0 amide bonds. The van der Waals surface area contributed by atoms with Gasteiger partial charge >= 0.3 is 0 Å². The van der Waals surface area contributed by atoms with Crippen molar-refractivity contribution in [2.75, 3.05) is 31.1 Å². The predicted octanol–water partition coefficient (Wildman–Crippen LogP) is 4.66. The third-order valence-electron chi connectivity index (χ3n) is 7.11. The zero-order valence-electron chi connectivity index (χ0n) is 21.1. The van der Waals surface area contributed by atoms with Gasteiger partial charge in [-0.3, -0.25) is 14.7 Å². The number of aromatic nitrogens is 2. The first kappa shape index (κ1) is 24.7. The molecule has 0 saturated carbocycles. The first-order valence-electron chi connectivity index (χ1n) is 12.6. The summed E-state index contributed by atoms with van der Waals surface area (Å²) in [5.74, 6) is -0.249. The van der Waals surface area contributed by atoms with E-state index in [1.54, 1.807) is 29.0 Å². The molecule has 2 aromatic carbocycles. The Morgan fingerprint density at radius 1 is 0.946 bits per heavy atom. The van der Waals surface area contributed by atoms with E-state index in [0.29, 0.717) is 49.7 Å². The molecule has 6 nitrogen and oxygen atoms in total. The summed E-state index contributed by atoms with van der Waals surface area (Å²) < 4.78 is 16.1. The summed E-state index contributed by atoms with van der Waals surface area (Å²) in [5.41, 5.74) is 4.21. The van der Waals surface area contributed by atoms with Crippen LogP contribution < -0.4 is 10.5 Å². The van der Waals surface area contributed by atoms with Crippen LogP contribution >= 0.6 is 0 Å². The van der Waals surface area contributed by atoms with Crippen molar-refractivity contribution >= 4 is 5.69 Å². The third-order valence-corrected chi connectivity index (χ3v) is 7.11. The standard InChI is InChI=1S/C30H31FN4O2/c1-21-10-12-23(13-11-21)29(34-17-15-33(16-18-34)26-9-4-3-8-25(26)31)28-27(36)19-22(2)35(30(28)37)20-24-7-5-6-14-32-24/h3-14,19,29,36H,15-18,20H2,1-2H3/t29-/m0/s1. The molecule has 4 aromatic rings. The van der Waals surface area contributed by atoms with Crippen LogP contribution in [0.25, 0.3) is 0 Å². The summed E-state index contributed by atoms with van der Waals surface area (Å²) in [7, 11) is 0. The zero-order chi connectivity index (χ0) is 25.9. The fourth-order valence-electron chi connectivity index (χ4n) is 5.11. The second kappa shape index (κ2) is 10.6. The van der Waals surface area contributed by atoms with Gasteiger partial charge < -0.3 is 14.6 Å². The van der Waals surface area contributed by atoms with Crippen molar-refractivity contribution in [1.29, 1.82) is 0 Å². The van der Waals surface area contributed by atoms with Crippen molar-refractivity contribution in [1.82, 2.24) is 14.5 Å². The largest absolute Gasteiger partial charge is 0.507 e. The van der Waals surface area contributed by atoms with Crippen LogP contribution in [0, 0.1) is 19.7 Å². The van der Waals surface area contributed by atoms with Crippen LogP contribution in [0.3, 0.4) is 0 Å². The van der Waals surface area contributed by atoms with Gasteiger partial charge in [-0.2, -0.15) is 0 Å². The van der Waals surface area contributed by atoms with E-state index in [-0.39, 0.29) is 17.1 Å². The Labute approximate surface area is 216 Å². The van der Waals surface area contributed by atoms with Crippen LogP contribution in [0.5, 0.6) is 5.75 Å². The smallest absolute Gasteiger partial charge is 0.260 e. The number of benzene rings is 2. The molecule has 7 heteroatoms. The molecule has 1 fully saturated rings. The number of hydrogen-bond acceptors (Lipinski definition) is 5. The number of halogens is 1. The lowest BCUT2D eigenvalue weighted by Gasteiger charge is -2.40. The summed E-state index contributed by atoms with van der Waals surface area (Å²) in [5, 5.41) is 11.1. The number of anilines is 1. The van der Waals surface area contributed by atoms with Gasteiger partial charge in [-0.25, -0.2) is 4.39 Å². The molecule has 0 unspecified atom stereocenters. The van der Waals surface area contributed by atoms with E-state index in [2.05, 4.69) is 9.88 Å². The average Bonchev–Trinajstić information content (AvgIpc) is 2.91. The molecule has 0 aliphatic carbocycles. The first-order chi connectivity index (χ1) is 17.9. The lowest BCUT2D eigenvalue weighted by atomic mass is 9.95. The molecule has 3 heterocycles. The molecular weight excluding hydrogens is 467 g/mol. The van der Waals surface area contributed by atoms with Gasteiger partial charge in [0.2, 0.25) is 0 Å². The van der Waals surface area contributed by atoms with E-state index in [4.69, 9.17) is 0 Å². The topological polar surface area (TPSA) is 61.6 Å². The molecule has 2 aromatic heterocycles. The van der Waals surface area contributed by atoms with Gasteiger partial charge in [0.15, 0.2) is 0 Å². The maximum absolute atomic E-state index is 14.4. The summed E-state index contributed by atoms with van der Waals surface area (Å²) in [6, 6.07) is 21.7. The van der Waals surface area contributed by atoms with Crippen molar-refractivity contribution in [3.05, 3.63) is 123 Å². The molecule has 1 N–H and O–H groups in total. The molecule has 1 aliphatic heterocycles. The number of aromatic hydroxyl groups is 1. The van der Waals surface area contributed by atoms with Gasteiger partial charge in [-0.1, -0.05) is 48.0 Å². The maximum Gasteiger partial charge on any atom is 0.260 e. The van der Waals surface area contributed by atoms with E-state index < -0.39 is 6.04 Å². The van der Waals surface area contributed by atoms with Crippen molar-refractivity contribution in [2.24, 2.45) is 0 Å². The fourth-order valence-corrected chi connectivity index (χ4v) is 5.11. The van der Waals surface area contributed by atoms with E-state index in [9.17, 15) is 14.3 Å². The maximum atomic E-state index is 14.4. The lowest BCUT2D eigenvalue weighted by molar-refractivity contribution is 0.207. The number of nitrogens with zero attached hydrogens (tertiary/aromatic N) is 4. The molecule has 0 spiro atoms. The predicted molar refractivity (Wildman–Crippen MR) is 144 cm³/mol. The molecule has 1 atom stereocenters. The number of piperazine rings is 1. The Balaban J connectivity index is 1.53. The van der Waals surface area contributed by atoms with E-state index in [0.717, 1.165) is 16.8 Å². The van der Waals surface area contributed by atoms with Gasteiger partial charge in [0.05, 0.1) is 29.5 Å². The van der Waals surface area contributed by atoms with Gasteiger partial charge in [0, 0.05) is 38.1 Å². The summed E-state index contributed by atoms with van der Waals surface area (Å²) >= 11 is 0. The van der Waals surface area contributed by atoms with Crippen molar-refractivity contribution < 1.29 is 9.50 Å².